The predicted molar refractivity (Wildman–Crippen MR) is 162 cm³/mol. The zero-order chi connectivity index (χ0) is 29.2. The molecule has 0 aliphatic carbocycles. The number of unbranched alkanes of at least 4 members (excludes halogenated alkanes) is 1. The first-order chi connectivity index (χ1) is 19.8. The number of fused-ring (bicyclic) bond motifs is 1. The standard InChI is InChI=1S/C32H31Cl2NO6/c33-25-12-15-29(27(34)20-25)41-18-2-1-17-40-26-13-9-22(10-14-26)8-11-23-5-3-6-28-32(23)24(19-31(38)39)21-35(28)16-4-7-30(36)37/h3,5-6,8-15,20-21H,1-2,4,7,16-19H2,(H,36,37)(H,38,39)/b11-8+. The number of ether oxygens (including phenoxy) is 2. The third kappa shape index (κ3) is 8.77. The third-order valence-corrected chi connectivity index (χ3v) is 6.97. The highest BCUT2D eigenvalue weighted by atomic mass is 35.5. The fourth-order valence-corrected chi connectivity index (χ4v) is 4.98. The van der Waals surface area contributed by atoms with Gasteiger partial charge in [-0.2, -0.15) is 0 Å². The van der Waals surface area contributed by atoms with Crippen LogP contribution in [0.4, 0.5) is 0 Å². The first kappa shape index (κ1) is 30.0. The number of halogens is 2. The van der Waals surface area contributed by atoms with Crippen LogP contribution in [-0.4, -0.2) is 39.9 Å². The Morgan fingerprint density at radius 1 is 0.854 bits per heavy atom. The minimum absolute atomic E-state index is 0.0568. The summed E-state index contributed by atoms with van der Waals surface area (Å²) in [5, 5.41) is 20.4. The first-order valence-electron chi connectivity index (χ1n) is 13.3. The van der Waals surface area contributed by atoms with E-state index in [2.05, 4.69) is 0 Å². The molecule has 0 amide bonds. The maximum Gasteiger partial charge on any atom is 0.307 e. The lowest BCUT2D eigenvalue weighted by atomic mass is 10.0. The lowest BCUT2D eigenvalue weighted by molar-refractivity contribution is -0.137. The second-order valence-electron chi connectivity index (χ2n) is 9.54. The van der Waals surface area contributed by atoms with Crippen molar-refractivity contribution in [3.8, 4) is 11.5 Å². The fraction of sp³-hybridized carbons (Fsp3) is 0.250. The molecule has 0 saturated carbocycles. The fourth-order valence-electron chi connectivity index (χ4n) is 4.52. The Hall–Kier alpha value is -3.94. The van der Waals surface area contributed by atoms with Crippen LogP contribution in [0, 0.1) is 0 Å². The van der Waals surface area contributed by atoms with Crippen LogP contribution in [0.5, 0.6) is 11.5 Å². The van der Waals surface area contributed by atoms with Crippen LogP contribution in [0.25, 0.3) is 23.1 Å². The number of carbonyl (C=O) groups is 2. The van der Waals surface area contributed by atoms with Crippen molar-refractivity contribution in [3.63, 3.8) is 0 Å². The van der Waals surface area contributed by atoms with Gasteiger partial charge in [-0.25, -0.2) is 0 Å². The minimum Gasteiger partial charge on any atom is -0.494 e. The van der Waals surface area contributed by atoms with Crippen molar-refractivity contribution >= 4 is 58.2 Å². The van der Waals surface area contributed by atoms with Gasteiger partial charge in [0.05, 0.1) is 24.7 Å². The second kappa shape index (κ2) is 14.6. The summed E-state index contributed by atoms with van der Waals surface area (Å²) >= 11 is 12.0. The molecule has 2 N–H and O–H groups in total. The second-order valence-corrected chi connectivity index (χ2v) is 10.4. The average molecular weight is 597 g/mol. The Kier molecular flexibility index (Phi) is 10.7. The summed E-state index contributed by atoms with van der Waals surface area (Å²) in [5.41, 5.74) is 3.47. The van der Waals surface area contributed by atoms with E-state index >= 15 is 0 Å². The molecule has 214 valence electrons. The summed E-state index contributed by atoms with van der Waals surface area (Å²) in [6.45, 7) is 1.59. The lowest BCUT2D eigenvalue weighted by Crippen LogP contribution is -2.02. The van der Waals surface area contributed by atoms with E-state index in [0.29, 0.717) is 47.5 Å². The van der Waals surface area contributed by atoms with Crippen molar-refractivity contribution < 1.29 is 29.3 Å². The number of carboxylic acids is 2. The molecular weight excluding hydrogens is 565 g/mol. The van der Waals surface area contributed by atoms with Crippen LogP contribution in [0.2, 0.25) is 10.0 Å². The quantitative estimate of drug-likeness (QED) is 0.107. The molecule has 0 spiro atoms. The van der Waals surface area contributed by atoms with E-state index in [1.807, 2.05) is 65.4 Å². The molecule has 41 heavy (non-hydrogen) atoms. The number of benzene rings is 3. The van der Waals surface area contributed by atoms with Crippen molar-refractivity contribution in [2.75, 3.05) is 13.2 Å². The number of hydrogen-bond donors (Lipinski definition) is 2. The van der Waals surface area contributed by atoms with Crippen LogP contribution in [0.15, 0.2) is 66.9 Å². The molecule has 0 fully saturated rings. The Labute approximate surface area is 248 Å². The first-order valence-corrected chi connectivity index (χ1v) is 14.1. The van der Waals surface area contributed by atoms with Gasteiger partial charge < -0.3 is 24.3 Å². The van der Waals surface area contributed by atoms with Crippen LogP contribution in [0.3, 0.4) is 0 Å². The molecule has 4 aromatic rings. The zero-order valence-corrected chi connectivity index (χ0v) is 23.9. The number of hydrogen-bond acceptors (Lipinski definition) is 4. The largest absolute Gasteiger partial charge is 0.494 e. The molecule has 4 rings (SSSR count). The molecule has 0 atom stereocenters. The van der Waals surface area contributed by atoms with E-state index in [4.69, 9.17) is 37.8 Å². The normalized spacial score (nSPS) is 11.3. The molecule has 0 bridgehead atoms. The minimum atomic E-state index is -0.914. The smallest absolute Gasteiger partial charge is 0.307 e. The highest BCUT2D eigenvalue weighted by Gasteiger charge is 2.14. The zero-order valence-electron chi connectivity index (χ0n) is 22.4. The van der Waals surface area contributed by atoms with Crippen molar-refractivity contribution in [2.45, 2.75) is 38.6 Å². The summed E-state index contributed by atoms with van der Waals surface area (Å²) in [7, 11) is 0. The highest BCUT2D eigenvalue weighted by Crippen LogP contribution is 2.29. The Balaban J connectivity index is 1.33. The van der Waals surface area contributed by atoms with Crippen LogP contribution in [0.1, 0.15) is 42.4 Å². The van der Waals surface area contributed by atoms with E-state index in [1.54, 1.807) is 18.2 Å². The van der Waals surface area contributed by atoms with Crippen molar-refractivity contribution in [1.82, 2.24) is 4.57 Å². The van der Waals surface area contributed by atoms with Crippen molar-refractivity contribution in [3.05, 3.63) is 93.6 Å². The maximum atomic E-state index is 11.5. The molecule has 1 heterocycles. The number of aliphatic carboxylic acids is 2. The molecule has 0 unspecified atom stereocenters. The Bertz CT molecular complexity index is 1530. The van der Waals surface area contributed by atoms with Gasteiger partial charge in [-0.15, -0.1) is 0 Å². The van der Waals surface area contributed by atoms with Crippen LogP contribution < -0.4 is 9.47 Å². The summed E-state index contributed by atoms with van der Waals surface area (Å²) in [5.74, 6) is -0.378. The summed E-state index contributed by atoms with van der Waals surface area (Å²) in [6, 6.07) is 18.7. The summed E-state index contributed by atoms with van der Waals surface area (Å²) in [6.07, 6.45) is 7.82. The van der Waals surface area contributed by atoms with Gasteiger partial charge in [0.2, 0.25) is 0 Å². The molecule has 0 saturated heterocycles. The highest BCUT2D eigenvalue weighted by molar-refractivity contribution is 6.35. The molecule has 3 aromatic carbocycles. The van der Waals surface area contributed by atoms with Gasteiger partial charge in [0, 0.05) is 35.1 Å². The van der Waals surface area contributed by atoms with Crippen LogP contribution >= 0.6 is 23.2 Å². The number of aromatic nitrogens is 1. The van der Waals surface area contributed by atoms with E-state index in [1.165, 1.54) is 0 Å². The molecule has 9 heteroatoms. The van der Waals surface area contributed by atoms with Crippen molar-refractivity contribution in [2.24, 2.45) is 0 Å². The van der Waals surface area contributed by atoms with E-state index < -0.39 is 11.9 Å². The molecule has 7 nitrogen and oxygen atoms in total. The summed E-state index contributed by atoms with van der Waals surface area (Å²) < 4.78 is 13.5. The summed E-state index contributed by atoms with van der Waals surface area (Å²) in [4.78, 5) is 22.5. The van der Waals surface area contributed by atoms with Gasteiger partial charge in [0.15, 0.2) is 0 Å². The van der Waals surface area contributed by atoms with E-state index in [9.17, 15) is 14.7 Å². The maximum absolute atomic E-state index is 11.5. The molecule has 0 aliphatic heterocycles. The monoisotopic (exact) mass is 595 g/mol. The predicted octanol–water partition coefficient (Wildman–Crippen LogP) is 7.85. The van der Waals surface area contributed by atoms with Gasteiger partial charge in [-0.3, -0.25) is 9.59 Å². The molecule has 1 aromatic heterocycles. The number of nitrogens with zero attached hydrogens (tertiary/aromatic N) is 1. The Morgan fingerprint density at radius 3 is 2.32 bits per heavy atom. The van der Waals surface area contributed by atoms with Crippen molar-refractivity contribution in [1.29, 1.82) is 0 Å². The number of rotatable bonds is 15. The Morgan fingerprint density at radius 2 is 1.61 bits per heavy atom. The molecule has 0 radical (unpaired) electrons. The van der Waals surface area contributed by atoms with Gasteiger partial charge >= 0.3 is 11.9 Å². The van der Waals surface area contributed by atoms with Gasteiger partial charge in [0.1, 0.15) is 11.5 Å². The SMILES string of the molecule is O=C(O)CCCn1cc(CC(=O)O)c2c(/C=C/c3ccc(OCCCCOc4ccc(Cl)cc4Cl)cc3)cccc21. The lowest BCUT2D eigenvalue weighted by Gasteiger charge is -2.09. The average Bonchev–Trinajstić information content (AvgIpc) is 3.28. The van der Waals surface area contributed by atoms with E-state index in [-0.39, 0.29) is 12.8 Å². The molecular formula is C32H31Cl2NO6. The topological polar surface area (TPSA) is 98.0 Å². The third-order valence-electron chi connectivity index (χ3n) is 6.44. The number of aryl methyl sites for hydroxylation is 1. The van der Waals surface area contributed by atoms with Gasteiger partial charge in [-0.05, 0) is 72.4 Å². The van der Waals surface area contributed by atoms with E-state index in [0.717, 1.165) is 40.6 Å². The van der Waals surface area contributed by atoms with Gasteiger partial charge in [-0.1, -0.05) is 59.6 Å². The molecule has 0 aliphatic rings. The number of carboxylic acid groups (broad SMARTS) is 2. The van der Waals surface area contributed by atoms with Crippen LogP contribution in [-0.2, 0) is 22.6 Å². The van der Waals surface area contributed by atoms with Gasteiger partial charge in [0.25, 0.3) is 0 Å².